The van der Waals surface area contributed by atoms with Gasteiger partial charge in [0.05, 0.1) is 0 Å². The van der Waals surface area contributed by atoms with Crippen molar-refractivity contribution in [1.82, 2.24) is 20.1 Å². The molecule has 0 amide bonds. The van der Waals surface area contributed by atoms with Crippen LogP contribution in [0.25, 0.3) is 11.1 Å². The molecule has 1 aromatic carbocycles. The second kappa shape index (κ2) is 9.45. The van der Waals surface area contributed by atoms with Crippen molar-refractivity contribution in [3.63, 3.8) is 0 Å². The summed E-state index contributed by atoms with van der Waals surface area (Å²) in [5.41, 5.74) is 9.71. The predicted molar refractivity (Wildman–Crippen MR) is 124 cm³/mol. The van der Waals surface area contributed by atoms with Gasteiger partial charge in [-0.2, -0.15) is 4.99 Å². The Kier molecular flexibility index (Phi) is 6.50. The van der Waals surface area contributed by atoms with Crippen LogP contribution in [0.1, 0.15) is 12.8 Å². The molecule has 0 aliphatic carbocycles. The number of guanidine groups is 1. The number of piperazine rings is 1. The fourth-order valence-electron chi connectivity index (χ4n) is 4.27. The van der Waals surface area contributed by atoms with Gasteiger partial charge < -0.3 is 20.9 Å². The number of hydrogen-bond donors (Lipinski definition) is 2. The van der Waals surface area contributed by atoms with Crippen LogP contribution in [0, 0.1) is 0 Å². The first kappa shape index (κ1) is 20.6. The topological polar surface area (TPSA) is 73.0 Å². The van der Waals surface area contributed by atoms with Gasteiger partial charge in [0.2, 0.25) is 0 Å². The zero-order valence-corrected chi connectivity index (χ0v) is 18.1. The average molecular weight is 408 g/mol. The summed E-state index contributed by atoms with van der Waals surface area (Å²) in [6, 6.07) is 13.1. The number of aliphatic imine (C=N–C) groups is 1. The van der Waals surface area contributed by atoms with Crippen LogP contribution in [0.2, 0.25) is 0 Å². The van der Waals surface area contributed by atoms with Gasteiger partial charge in [0.1, 0.15) is 0 Å². The van der Waals surface area contributed by atoms with Crippen LogP contribution >= 0.6 is 0 Å². The first-order valence-corrected chi connectivity index (χ1v) is 10.9. The number of benzene rings is 1. The number of nitrogens with one attached hydrogen (secondary N) is 1. The van der Waals surface area contributed by atoms with E-state index in [9.17, 15) is 0 Å². The van der Waals surface area contributed by atoms with Crippen molar-refractivity contribution in [2.45, 2.75) is 18.9 Å². The second-order valence-corrected chi connectivity index (χ2v) is 8.32. The lowest BCUT2D eigenvalue weighted by Gasteiger charge is -2.40. The lowest BCUT2D eigenvalue weighted by atomic mass is 10.0. The first-order chi connectivity index (χ1) is 14.6. The summed E-state index contributed by atoms with van der Waals surface area (Å²) in [5, 5.41) is 3.43. The monoisotopic (exact) mass is 407 g/mol. The van der Waals surface area contributed by atoms with Crippen LogP contribution in [0.4, 0.5) is 11.5 Å². The third-order valence-electron chi connectivity index (χ3n) is 6.15. The Balaban J connectivity index is 1.35. The van der Waals surface area contributed by atoms with E-state index >= 15 is 0 Å². The van der Waals surface area contributed by atoms with E-state index in [0.717, 1.165) is 63.2 Å². The van der Waals surface area contributed by atoms with Crippen LogP contribution in [-0.2, 0) is 0 Å². The molecule has 2 aromatic rings. The van der Waals surface area contributed by atoms with E-state index in [4.69, 9.17) is 5.73 Å². The minimum Gasteiger partial charge on any atom is -0.378 e. The molecule has 1 aromatic heterocycles. The van der Waals surface area contributed by atoms with Crippen LogP contribution < -0.4 is 16.0 Å². The molecule has 30 heavy (non-hydrogen) atoms. The molecule has 3 heterocycles. The lowest BCUT2D eigenvalue weighted by Crippen LogP contribution is -2.53. The maximum Gasteiger partial charge on any atom is 0.197 e. The third-order valence-corrected chi connectivity index (χ3v) is 6.15. The number of nitrogens with two attached hydrogens (primary N) is 1. The summed E-state index contributed by atoms with van der Waals surface area (Å²) < 4.78 is 0. The van der Waals surface area contributed by atoms with Crippen molar-refractivity contribution in [3.05, 3.63) is 42.6 Å². The smallest absolute Gasteiger partial charge is 0.197 e. The molecule has 2 saturated heterocycles. The van der Waals surface area contributed by atoms with Gasteiger partial charge in [-0.1, -0.05) is 12.1 Å². The van der Waals surface area contributed by atoms with E-state index in [0.29, 0.717) is 17.8 Å². The molecular formula is C23H33N7. The summed E-state index contributed by atoms with van der Waals surface area (Å²) in [7, 11) is 4.09. The molecule has 4 rings (SSSR count). The minimum absolute atomic E-state index is 0.573. The van der Waals surface area contributed by atoms with E-state index in [1.54, 1.807) is 0 Å². The number of hydrogen-bond acceptors (Lipinski definition) is 5. The van der Waals surface area contributed by atoms with Gasteiger partial charge in [-0.15, -0.1) is 0 Å². The van der Waals surface area contributed by atoms with Gasteiger partial charge in [-0.05, 0) is 42.7 Å². The van der Waals surface area contributed by atoms with Gasteiger partial charge in [0, 0.05) is 76.9 Å². The molecule has 0 spiro atoms. The normalized spacial score (nSPS) is 19.1. The summed E-state index contributed by atoms with van der Waals surface area (Å²) >= 11 is 0. The molecule has 0 unspecified atom stereocenters. The van der Waals surface area contributed by atoms with Crippen molar-refractivity contribution in [1.29, 1.82) is 0 Å². The Morgan fingerprint density at radius 2 is 1.67 bits per heavy atom. The predicted octanol–water partition coefficient (Wildman–Crippen LogP) is 2.13. The summed E-state index contributed by atoms with van der Waals surface area (Å²) in [6.07, 6.45) is 4.16. The zero-order valence-electron chi connectivity index (χ0n) is 18.1. The van der Waals surface area contributed by atoms with E-state index < -0.39 is 0 Å². The molecule has 3 N–H and O–H groups in total. The van der Waals surface area contributed by atoms with Crippen molar-refractivity contribution >= 4 is 17.5 Å². The molecule has 2 aliphatic rings. The molecule has 0 radical (unpaired) electrons. The van der Waals surface area contributed by atoms with Gasteiger partial charge >= 0.3 is 0 Å². The molecule has 0 saturated carbocycles. The number of rotatable bonds is 4. The number of piperidine rings is 1. The highest BCUT2D eigenvalue weighted by atomic mass is 15.3. The Morgan fingerprint density at radius 1 is 1.00 bits per heavy atom. The van der Waals surface area contributed by atoms with Crippen LogP contribution in [0.3, 0.4) is 0 Å². The maximum atomic E-state index is 6.31. The molecule has 160 valence electrons. The maximum absolute atomic E-state index is 6.31. The standard InChI is InChI=1S/C23H33N7/c1-28(2)20-6-3-18(4-7-20)19-5-8-22(26-17-19)27-23(24)30-13-9-21(10-14-30)29-15-11-25-12-16-29/h3-8,17,21,25H,9-16H2,1-2H3,(H2,24,26,27). The fraction of sp³-hybridized carbons (Fsp3) is 0.478. The van der Waals surface area contributed by atoms with E-state index in [2.05, 4.69) is 60.3 Å². The Bertz CT molecular complexity index is 831. The number of likely N-dealkylation sites (tertiary alicyclic amines) is 1. The highest BCUT2D eigenvalue weighted by Gasteiger charge is 2.26. The Morgan fingerprint density at radius 3 is 2.27 bits per heavy atom. The van der Waals surface area contributed by atoms with Crippen LogP contribution in [0.15, 0.2) is 47.6 Å². The van der Waals surface area contributed by atoms with E-state index in [1.807, 2.05) is 26.4 Å². The lowest BCUT2D eigenvalue weighted by molar-refractivity contribution is 0.121. The largest absolute Gasteiger partial charge is 0.378 e. The average Bonchev–Trinajstić information content (AvgIpc) is 2.80. The van der Waals surface area contributed by atoms with Crippen molar-refractivity contribution in [3.8, 4) is 11.1 Å². The first-order valence-electron chi connectivity index (χ1n) is 10.9. The highest BCUT2D eigenvalue weighted by molar-refractivity contribution is 5.80. The van der Waals surface area contributed by atoms with Crippen molar-refractivity contribution in [2.24, 2.45) is 10.7 Å². The van der Waals surface area contributed by atoms with Gasteiger partial charge in [0.25, 0.3) is 0 Å². The number of pyridine rings is 1. The van der Waals surface area contributed by atoms with Crippen molar-refractivity contribution in [2.75, 3.05) is 58.3 Å². The Hall–Kier alpha value is -2.64. The molecule has 0 atom stereocenters. The summed E-state index contributed by atoms with van der Waals surface area (Å²) in [5.74, 6) is 1.23. The number of nitrogens with zero attached hydrogens (tertiary/aromatic N) is 5. The van der Waals surface area contributed by atoms with Crippen LogP contribution in [0.5, 0.6) is 0 Å². The molecule has 7 nitrogen and oxygen atoms in total. The summed E-state index contributed by atoms with van der Waals surface area (Å²) in [4.78, 5) is 16.0. The summed E-state index contributed by atoms with van der Waals surface area (Å²) in [6.45, 7) is 6.43. The molecule has 7 heteroatoms. The van der Waals surface area contributed by atoms with E-state index in [1.165, 1.54) is 5.69 Å². The number of aromatic nitrogens is 1. The quantitative estimate of drug-likeness (QED) is 0.598. The minimum atomic E-state index is 0.573. The van der Waals surface area contributed by atoms with Crippen molar-refractivity contribution < 1.29 is 0 Å². The van der Waals surface area contributed by atoms with Gasteiger partial charge in [0.15, 0.2) is 11.8 Å². The Labute approximate surface area is 179 Å². The fourth-order valence-corrected chi connectivity index (χ4v) is 4.27. The van der Waals surface area contributed by atoms with Gasteiger partial charge in [-0.25, -0.2) is 4.98 Å². The van der Waals surface area contributed by atoms with Crippen LogP contribution in [-0.4, -0.2) is 80.1 Å². The number of anilines is 1. The van der Waals surface area contributed by atoms with E-state index in [-0.39, 0.29) is 0 Å². The third kappa shape index (κ3) is 4.91. The SMILES string of the molecule is CN(C)c1ccc(-c2ccc(N=C(N)N3CCC(N4CCNCC4)CC3)nc2)cc1. The molecule has 0 bridgehead atoms. The highest BCUT2D eigenvalue weighted by Crippen LogP contribution is 2.23. The zero-order chi connectivity index (χ0) is 20.9. The van der Waals surface area contributed by atoms with Gasteiger partial charge in [-0.3, -0.25) is 4.90 Å². The molecule has 2 aliphatic heterocycles. The molecule has 2 fully saturated rings. The molecular weight excluding hydrogens is 374 g/mol. The second-order valence-electron chi connectivity index (χ2n) is 8.32.